The Bertz CT molecular complexity index is 915. The zero-order valence-corrected chi connectivity index (χ0v) is 14.4. The van der Waals surface area contributed by atoms with Gasteiger partial charge in [-0.2, -0.15) is 5.10 Å². The van der Waals surface area contributed by atoms with E-state index < -0.39 is 12.1 Å². The van der Waals surface area contributed by atoms with Crippen LogP contribution in [0.5, 0.6) is 0 Å². The lowest BCUT2D eigenvalue weighted by Gasteiger charge is -2.08. The molecular weight excluding hydrogens is 344 g/mol. The quantitative estimate of drug-likeness (QED) is 0.646. The van der Waals surface area contributed by atoms with Crippen LogP contribution in [0.15, 0.2) is 53.1 Å². The van der Waals surface area contributed by atoms with Crippen molar-refractivity contribution in [3.8, 4) is 17.1 Å². The number of carbonyl (C=O) groups excluding carboxylic acids is 2. The van der Waals surface area contributed by atoms with E-state index in [0.717, 1.165) is 0 Å². The van der Waals surface area contributed by atoms with E-state index in [1.807, 2.05) is 0 Å². The molecule has 7 heteroatoms. The van der Waals surface area contributed by atoms with Gasteiger partial charge < -0.3 is 9.15 Å². The molecule has 0 bridgehead atoms. The number of hydrogen-bond donors (Lipinski definition) is 0. The number of ketones is 1. The summed E-state index contributed by atoms with van der Waals surface area (Å²) in [6.07, 6.45) is 0.691. The van der Waals surface area contributed by atoms with Crippen LogP contribution < -0.4 is 0 Å². The van der Waals surface area contributed by atoms with Crippen molar-refractivity contribution >= 4 is 23.4 Å². The van der Waals surface area contributed by atoms with Crippen LogP contribution in [0, 0.1) is 0 Å². The van der Waals surface area contributed by atoms with E-state index in [0.29, 0.717) is 22.2 Å². The second-order valence-corrected chi connectivity index (χ2v) is 5.88. The van der Waals surface area contributed by atoms with Crippen molar-refractivity contribution in [2.75, 3.05) is 0 Å². The van der Waals surface area contributed by atoms with E-state index in [1.165, 1.54) is 20.1 Å². The minimum atomic E-state index is -0.837. The van der Waals surface area contributed by atoms with Crippen molar-refractivity contribution in [3.63, 3.8) is 0 Å². The molecule has 0 aliphatic heterocycles. The minimum Gasteiger partial charge on any atom is -0.463 e. The number of rotatable bonds is 5. The molecule has 1 atom stereocenters. The third kappa shape index (κ3) is 3.64. The van der Waals surface area contributed by atoms with Gasteiger partial charge in [0.15, 0.2) is 23.3 Å². The average molecular weight is 359 g/mol. The molecule has 6 nitrogen and oxygen atoms in total. The van der Waals surface area contributed by atoms with E-state index in [2.05, 4.69) is 5.10 Å². The van der Waals surface area contributed by atoms with Gasteiger partial charge in [0.2, 0.25) is 0 Å². The predicted octanol–water partition coefficient (Wildman–Crippen LogP) is 3.92. The summed E-state index contributed by atoms with van der Waals surface area (Å²) in [5.41, 5.74) is 1.30. The number of aromatic nitrogens is 2. The summed E-state index contributed by atoms with van der Waals surface area (Å²) in [6.45, 7) is 2.87. The second-order valence-electron chi connectivity index (χ2n) is 5.44. The third-order valence-corrected chi connectivity index (χ3v) is 3.84. The first kappa shape index (κ1) is 17.0. The molecule has 1 aromatic carbocycles. The highest BCUT2D eigenvalue weighted by Gasteiger charge is 2.22. The van der Waals surface area contributed by atoms with Crippen LogP contribution in [0.25, 0.3) is 17.1 Å². The predicted molar refractivity (Wildman–Crippen MR) is 91.8 cm³/mol. The van der Waals surface area contributed by atoms with Crippen molar-refractivity contribution in [2.24, 2.45) is 0 Å². The van der Waals surface area contributed by atoms with Gasteiger partial charge in [-0.25, -0.2) is 9.48 Å². The maximum Gasteiger partial charge on any atom is 0.359 e. The Labute approximate surface area is 149 Å². The number of halogens is 1. The van der Waals surface area contributed by atoms with Gasteiger partial charge in [0.1, 0.15) is 5.69 Å². The number of ether oxygens (including phenoxy) is 1. The monoisotopic (exact) mass is 358 g/mol. The van der Waals surface area contributed by atoms with Crippen LogP contribution in [0.3, 0.4) is 0 Å². The van der Waals surface area contributed by atoms with Crippen LogP contribution in [0.4, 0.5) is 0 Å². The van der Waals surface area contributed by atoms with E-state index >= 15 is 0 Å². The molecule has 3 aromatic rings. The topological polar surface area (TPSA) is 74.3 Å². The molecule has 2 aromatic heterocycles. The number of carbonyl (C=O) groups is 2. The molecule has 1 unspecified atom stereocenters. The summed E-state index contributed by atoms with van der Waals surface area (Å²) in [5, 5.41) is 4.84. The van der Waals surface area contributed by atoms with Crippen molar-refractivity contribution < 1.29 is 18.7 Å². The fourth-order valence-electron chi connectivity index (χ4n) is 2.19. The Morgan fingerprint density at radius 1 is 1.24 bits per heavy atom. The molecule has 0 fully saturated rings. The average Bonchev–Trinajstić information content (AvgIpc) is 3.24. The molecule has 0 aliphatic rings. The number of furan rings is 1. The molecule has 0 radical (unpaired) electrons. The van der Waals surface area contributed by atoms with E-state index in [9.17, 15) is 9.59 Å². The third-order valence-electron chi connectivity index (χ3n) is 3.60. The summed E-state index contributed by atoms with van der Waals surface area (Å²) in [4.78, 5) is 23.6. The maximum absolute atomic E-state index is 12.3. The van der Waals surface area contributed by atoms with Gasteiger partial charge in [-0.15, -0.1) is 0 Å². The van der Waals surface area contributed by atoms with E-state index in [-0.39, 0.29) is 11.5 Å². The highest BCUT2D eigenvalue weighted by atomic mass is 35.5. The lowest BCUT2D eigenvalue weighted by molar-refractivity contribution is -0.124. The number of esters is 1. The molecule has 0 spiro atoms. The zero-order valence-electron chi connectivity index (χ0n) is 13.6. The van der Waals surface area contributed by atoms with E-state index in [1.54, 1.807) is 47.1 Å². The Morgan fingerprint density at radius 2 is 2.04 bits per heavy atom. The van der Waals surface area contributed by atoms with Crippen LogP contribution in [0.2, 0.25) is 5.02 Å². The molecule has 0 amide bonds. The Morgan fingerprint density at radius 3 is 2.68 bits per heavy atom. The van der Waals surface area contributed by atoms with Gasteiger partial charge in [-0.3, -0.25) is 4.79 Å². The number of hydrogen-bond acceptors (Lipinski definition) is 5. The highest BCUT2D eigenvalue weighted by Crippen LogP contribution is 2.26. The first-order valence-corrected chi connectivity index (χ1v) is 7.95. The molecule has 0 N–H and O–H groups in total. The Kier molecular flexibility index (Phi) is 4.72. The fraction of sp³-hybridized carbons (Fsp3) is 0.167. The highest BCUT2D eigenvalue weighted by molar-refractivity contribution is 6.30. The standard InChI is InChI=1S/C18H15ClN2O4/c1-11(22)12(2)25-18(23)15-10-16(17-7-4-8-24-17)21(20-15)14-6-3-5-13(19)9-14/h3-10,12H,1-2H3. The van der Waals surface area contributed by atoms with Crippen molar-refractivity contribution in [1.29, 1.82) is 0 Å². The molecule has 0 saturated carbocycles. The number of Topliss-reactive ketones (excluding diaryl/α,β-unsaturated/α-hetero) is 1. The Hall–Kier alpha value is -2.86. The van der Waals surface area contributed by atoms with Gasteiger partial charge in [0.25, 0.3) is 0 Å². The van der Waals surface area contributed by atoms with Crippen LogP contribution in [0.1, 0.15) is 24.3 Å². The van der Waals surface area contributed by atoms with Gasteiger partial charge in [-0.1, -0.05) is 17.7 Å². The lowest BCUT2D eigenvalue weighted by atomic mass is 10.2. The van der Waals surface area contributed by atoms with E-state index in [4.69, 9.17) is 20.8 Å². The number of benzene rings is 1. The van der Waals surface area contributed by atoms with Crippen LogP contribution in [-0.4, -0.2) is 27.6 Å². The second kappa shape index (κ2) is 6.94. The number of nitrogens with zero attached hydrogens (tertiary/aromatic N) is 2. The van der Waals surface area contributed by atoms with Crippen LogP contribution in [-0.2, 0) is 9.53 Å². The largest absolute Gasteiger partial charge is 0.463 e. The van der Waals surface area contributed by atoms with Crippen molar-refractivity contribution in [2.45, 2.75) is 20.0 Å². The summed E-state index contributed by atoms with van der Waals surface area (Å²) < 4.78 is 12.1. The molecule has 0 saturated heterocycles. The minimum absolute atomic E-state index is 0.0690. The van der Waals surface area contributed by atoms with Gasteiger partial charge in [-0.05, 0) is 44.2 Å². The van der Waals surface area contributed by atoms with Crippen molar-refractivity contribution in [1.82, 2.24) is 9.78 Å². The molecule has 2 heterocycles. The van der Waals surface area contributed by atoms with Gasteiger partial charge in [0.05, 0.1) is 12.0 Å². The summed E-state index contributed by atoms with van der Waals surface area (Å²) >= 11 is 6.05. The normalized spacial score (nSPS) is 12.0. The molecule has 0 aliphatic carbocycles. The fourth-order valence-corrected chi connectivity index (χ4v) is 2.37. The van der Waals surface area contributed by atoms with Gasteiger partial charge >= 0.3 is 5.97 Å². The van der Waals surface area contributed by atoms with Crippen LogP contribution >= 0.6 is 11.6 Å². The first-order chi connectivity index (χ1) is 12.0. The zero-order chi connectivity index (χ0) is 18.0. The molecule has 128 valence electrons. The lowest BCUT2D eigenvalue weighted by Crippen LogP contribution is -2.22. The molecule has 25 heavy (non-hydrogen) atoms. The summed E-state index contributed by atoms with van der Waals surface area (Å²) in [6, 6.07) is 12.1. The smallest absolute Gasteiger partial charge is 0.359 e. The first-order valence-electron chi connectivity index (χ1n) is 7.57. The molecule has 3 rings (SSSR count). The van der Waals surface area contributed by atoms with Gasteiger partial charge in [0, 0.05) is 11.1 Å². The van der Waals surface area contributed by atoms with Crippen molar-refractivity contribution in [3.05, 3.63) is 59.4 Å². The Balaban J connectivity index is 2.04. The maximum atomic E-state index is 12.3. The summed E-state index contributed by atoms with van der Waals surface area (Å²) in [5.74, 6) is -0.392. The molecular formula is C18H15ClN2O4. The SMILES string of the molecule is CC(=O)C(C)OC(=O)c1cc(-c2ccco2)n(-c2cccc(Cl)c2)n1. The summed E-state index contributed by atoms with van der Waals surface area (Å²) in [7, 11) is 0.